The van der Waals surface area contributed by atoms with Crippen LogP contribution in [0.3, 0.4) is 0 Å². The van der Waals surface area contributed by atoms with Gasteiger partial charge in [0.2, 0.25) is 0 Å². The molecule has 0 saturated heterocycles. The van der Waals surface area contributed by atoms with Gasteiger partial charge < -0.3 is 0 Å². The molecule has 0 bridgehead atoms. The van der Waals surface area contributed by atoms with Crippen LogP contribution in [0.1, 0.15) is 5.56 Å². The van der Waals surface area contributed by atoms with Crippen LogP contribution in [0.4, 0.5) is 0 Å². The fourth-order valence-electron chi connectivity index (χ4n) is 6.08. The van der Waals surface area contributed by atoms with Crippen LogP contribution in [0.5, 0.6) is 0 Å². The van der Waals surface area contributed by atoms with Gasteiger partial charge in [0.05, 0.1) is 16.7 Å². The summed E-state index contributed by atoms with van der Waals surface area (Å²) in [5.74, 6) is 0.858. The zero-order valence-corrected chi connectivity index (χ0v) is 22.0. The van der Waals surface area contributed by atoms with Crippen molar-refractivity contribution in [3.63, 3.8) is 0 Å². The third-order valence-electron chi connectivity index (χ3n) is 7.90. The number of hydrogen-bond donors (Lipinski definition) is 2. The van der Waals surface area contributed by atoms with Gasteiger partial charge in [0.15, 0.2) is 5.82 Å². The Morgan fingerprint density at radius 3 is 2.17 bits per heavy atom. The molecule has 2 N–H and O–H groups in total. The summed E-state index contributed by atoms with van der Waals surface area (Å²) in [7, 11) is 0. The van der Waals surface area contributed by atoms with Gasteiger partial charge >= 0.3 is 0 Å². The molecule has 0 atom stereocenters. The number of hydrazine groups is 1. The lowest BCUT2D eigenvalue weighted by Crippen LogP contribution is -2.51. The Hall–Kier alpha value is -5.20. The Balaban J connectivity index is 1.36. The predicted molar refractivity (Wildman–Crippen MR) is 165 cm³/mol. The third-order valence-corrected chi connectivity index (χ3v) is 9.03. The van der Waals surface area contributed by atoms with Crippen LogP contribution in [0, 0.1) is 0 Å². The fraction of sp³-hybridized carbons (Fsp3) is 0. The van der Waals surface area contributed by atoms with E-state index in [0.29, 0.717) is 0 Å². The van der Waals surface area contributed by atoms with Crippen molar-refractivity contribution < 1.29 is 0 Å². The van der Waals surface area contributed by atoms with Crippen molar-refractivity contribution in [3.05, 3.63) is 132 Å². The van der Waals surface area contributed by atoms with Crippen molar-refractivity contribution in [2.75, 3.05) is 0 Å². The monoisotopic (exact) mass is 531 g/mol. The molecule has 6 heteroatoms. The number of fused-ring (bicyclic) bond motifs is 8. The number of hydrogen-bond acceptors (Lipinski definition) is 5. The number of thiophene rings is 1. The quantitative estimate of drug-likeness (QED) is 0.288. The highest BCUT2D eigenvalue weighted by Gasteiger charge is 2.20. The number of nitrogens with zero attached hydrogens (tertiary/aromatic N) is 3. The standard InChI is InChI=1S/C34H21N5S/c1-2-8-21-18-28-26(17-20(21)7-1)23-9-3-5-11-27(23)39(28)34-33-32(35-15-16-36-33)31(37-38-34)22-13-14-25-24-10-4-6-12-29(24)40-30(25)19-22/h1-19,37-38H. The van der Waals surface area contributed by atoms with Crippen LogP contribution in [0.2, 0.25) is 0 Å². The number of rotatable bonds is 2. The summed E-state index contributed by atoms with van der Waals surface area (Å²) in [4.78, 5) is 9.70. The lowest BCUT2D eigenvalue weighted by atomic mass is 10.1. The molecule has 4 heterocycles. The van der Waals surface area contributed by atoms with Gasteiger partial charge in [-0.25, -0.2) is 4.98 Å². The molecular formula is C34H21N5S. The van der Waals surface area contributed by atoms with Gasteiger partial charge in [0, 0.05) is 48.9 Å². The Labute approximate surface area is 232 Å². The molecule has 40 heavy (non-hydrogen) atoms. The van der Waals surface area contributed by atoms with Crippen LogP contribution in [0.25, 0.3) is 64.3 Å². The Morgan fingerprint density at radius 2 is 1.27 bits per heavy atom. The highest BCUT2D eigenvalue weighted by molar-refractivity contribution is 7.25. The second-order valence-corrected chi connectivity index (χ2v) is 11.2. The van der Waals surface area contributed by atoms with E-state index in [4.69, 9.17) is 9.97 Å². The minimum Gasteiger partial charge on any atom is -0.297 e. The van der Waals surface area contributed by atoms with E-state index in [2.05, 4.69) is 119 Å². The van der Waals surface area contributed by atoms with Crippen LogP contribution in [-0.4, -0.2) is 14.5 Å². The summed E-state index contributed by atoms with van der Waals surface area (Å²) in [5, 5.41) is 9.04. The Bertz CT molecular complexity index is 2450. The molecule has 5 nitrogen and oxygen atoms in total. The molecule has 3 aromatic heterocycles. The minimum atomic E-state index is 0.809. The van der Waals surface area contributed by atoms with E-state index in [-0.39, 0.29) is 0 Å². The van der Waals surface area contributed by atoms with E-state index >= 15 is 0 Å². The van der Waals surface area contributed by atoms with Gasteiger partial charge in [-0.1, -0.05) is 72.8 Å². The van der Waals surface area contributed by atoms with E-state index in [0.717, 1.165) is 38.8 Å². The van der Waals surface area contributed by atoms with Gasteiger partial charge in [0.1, 0.15) is 10.7 Å². The lowest BCUT2D eigenvalue weighted by Gasteiger charge is -2.22. The van der Waals surface area contributed by atoms with Crippen molar-refractivity contribution >= 4 is 75.6 Å². The van der Waals surface area contributed by atoms with Crippen LogP contribution in [0.15, 0.2) is 116 Å². The molecule has 0 fully saturated rings. The molecular weight excluding hydrogens is 510 g/mol. The van der Waals surface area contributed by atoms with Gasteiger partial charge in [-0.05, 0) is 41.1 Å². The first-order valence-corrected chi connectivity index (χ1v) is 14.1. The summed E-state index contributed by atoms with van der Waals surface area (Å²) in [6.45, 7) is 0. The first kappa shape index (κ1) is 21.7. The average Bonchev–Trinajstić information content (AvgIpc) is 3.54. The second-order valence-electron chi connectivity index (χ2n) is 10.1. The van der Waals surface area contributed by atoms with Gasteiger partial charge in [-0.3, -0.25) is 20.4 Å². The fourth-order valence-corrected chi connectivity index (χ4v) is 7.23. The van der Waals surface area contributed by atoms with Crippen LogP contribution >= 0.6 is 11.3 Å². The molecule has 1 aliphatic heterocycles. The summed E-state index contributed by atoms with van der Waals surface area (Å²) in [5.41, 5.74) is 11.3. The second kappa shape index (κ2) is 8.15. The van der Waals surface area contributed by atoms with Crippen molar-refractivity contribution in [3.8, 4) is 0 Å². The maximum absolute atomic E-state index is 4.86. The average molecular weight is 532 g/mol. The molecule has 0 amide bonds. The van der Waals surface area contributed by atoms with Gasteiger partial charge in [0.25, 0.3) is 0 Å². The summed E-state index contributed by atoms with van der Waals surface area (Å²) < 4.78 is 4.82. The molecule has 0 aliphatic carbocycles. The lowest BCUT2D eigenvalue weighted by molar-refractivity contribution is 0.741. The smallest absolute Gasteiger partial charge is 0.158 e. The predicted octanol–water partition coefficient (Wildman–Crippen LogP) is 5.98. The first-order valence-electron chi connectivity index (χ1n) is 13.3. The number of nitrogens with one attached hydrogen (secondary N) is 2. The number of aromatic nitrogens is 3. The zero-order chi connectivity index (χ0) is 26.2. The zero-order valence-electron chi connectivity index (χ0n) is 21.2. The first-order chi connectivity index (χ1) is 19.8. The molecule has 188 valence electrons. The SMILES string of the molecule is c1ccc2cc3c(cc2c1)c1ccccc1n3C1=c2nccnc2=C(c2ccc3c(c2)sc2ccccc23)NN1. The van der Waals surface area contributed by atoms with Gasteiger partial charge in [-0.2, -0.15) is 0 Å². The van der Waals surface area contributed by atoms with Crippen molar-refractivity contribution in [2.24, 2.45) is 0 Å². The van der Waals surface area contributed by atoms with Crippen molar-refractivity contribution in [2.45, 2.75) is 0 Å². The maximum Gasteiger partial charge on any atom is 0.158 e. The van der Waals surface area contributed by atoms with Gasteiger partial charge in [-0.15, -0.1) is 11.3 Å². The van der Waals surface area contributed by atoms with E-state index in [9.17, 15) is 0 Å². The summed E-state index contributed by atoms with van der Waals surface area (Å²) in [6.07, 6.45) is 3.53. The highest BCUT2D eigenvalue weighted by Crippen LogP contribution is 2.36. The maximum atomic E-state index is 4.86. The van der Waals surface area contributed by atoms with Crippen molar-refractivity contribution in [1.82, 2.24) is 25.4 Å². The van der Waals surface area contributed by atoms with Crippen molar-refractivity contribution in [1.29, 1.82) is 0 Å². The third kappa shape index (κ3) is 3.02. The number of para-hydroxylation sites is 1. The van der Waals surface area contributed by atoms with Crippen LogP contribution in [-0.2, 0) is 0 Å². The van der Waals surface area contributed by atoms with E-state index in [1.165, 1.54) is 41.7 Å². The summed E-state index contributed by atoms with van der Waals surface area (Å²) >= 11 is 1.82. The molecule has 5 aromatic carbocycles. The topological polar surface area (TPSA) is 54.8 Å². The summed E-state index contributed by atoms with van der Waals surface area (Å²) in [6, 6.07) is 36.8. The molecule has 0 saturated carbocycles. The van der Waals surface area contributed by atoms with Crippen LogP contribution < -0.4 is 21.5 Å². The minimum absolute atomic E-state index is 0.809. The Kier molecular flexibility index (Phi) is 4.42. The van der Waals surface area contributed by atoms with E-state index in [1.807, 2.05) is 11.3 Å². The molecule has 9 rings (SSSR count). The van der Waals surface area contributed by atoms with E-state index in [1.54, 1.807) is 12.4 Å². The molecule has 0 radical (unpaired) electrons. The number of benzene rings is 5. The normalized spacial score (nSPS) is 13.3. The molecule has 0 spiro atoms. The highest BCUT2D eigenvalue weighted by atomic mass is 32.1. The largest absolute Gasteiger partial charge is 0.297 e. The molecule has 8 aromatic rings. The van der Waals surface area contributed by atoms with E-state index < -0.39 is 0 Å². The molecule has 0 unspecified atom stereocenters. The molecule has 1 aliphatic rings. The Morgan fingerprint density at radius 1 is 0.550 bits per heavy atom.